The van der Waals surface area contributed by atoms with E-state index in [4.69, 9.17) is 4.74 Å². The minimum absolute atomic E-state index is 0.0150. The summed E-state index contributed by atoms with van der Waals surface area (Å²) in [5.74, 6) is 0.282. The number of ether oxygens (including phenoxy) is 1. The van der Waals surface area contributed by atoms with Crippen molar-refractivity contribution in [3.05, 3.63) is 60.2 Å². The van der Waals surface area contributed by atoms with E-state index in [1.165, 1.54) is 6.07 Å². The van der Waals surface area contributed by atoms with Crippen LogP contribution in [-0.2, 0) is 11.2 Å². The molecule has 1 fully saturated rings. The molecule has 0 spiro atoms. The first-order valence-electron chi connectivity index (χ1n) is 6.80. The molecule has 1 aliphatic rings. The van der Waals surface area contributed by atoms with Crippen LogP contribution in [0.3, 0.4) is 0 Å². The first kappa shape index (κ1) is 13.5. The van der Waals surface area contributed by atoms with Crippen molar-refractivity contribution in [2.75, 3.05) is 13.1 Å². The van der Waals surface area contributed by atoms with Gasteiger partial charge in [0, 0.05) is 6.20 Å². The number of likely N-dealkylation sites (tertiary alicyclic amines) is 1. The fourth-order valence-corrected chi connectivity index (χ4v) is 2.24. The molecule has 1 saturated heterocycles. The lowest BCUT2D eigenvalue weighted by molar-refractivity contribution is -0.139. The lowest BCUT2D eigenvalue weighted by atomic mass is 10.1. The van der Waals surface area contributed by atoms with Gasteiger partial charge in [-0.15, -0.1) is 0 Å². The van der Waals surface area contributed by atoms with E-state index in [2.05, 4.69) is 4.98 Å². The number of carbonyl (C=O) groups is 1. The van der Waals surface area contributed by atoms with E-state index in [0.717, 1.165) is 0 Å². The number of hydrogen-bond acceptors (Lipinski definition) is 3. The number of nitrogens with zero attached hydrogens (tertiary/aromatic N) is 2. The van der Waals surface area contributed by atoms with Gasteiger partial charge < -0.3 is 9.64 Å². The zero-order valence-corrected chi connectivity index (χ0v) is 11.4. The summed E-state index contributed by atoms with van der Waals surface area (Å²) >= 11 is 0. The minimum Gasteiger partial charge on any atom is -0.485 e. The van der Waals surface area contributed by atoms with Crippen molar-refractivity contribution in [3.8, 4) is 5.75 Å². The van der Waals surface area contributed by atoms with Crippen LogP contribution in [0.15, 0.2) is 48.8 Å². The smallest absolute Gasteiger partial charge is 0.227 e. The summed E-state index contributed by atoms with van der Waals surface area (Å²) in [6, 6.07) is 9.98. The van der Waals surface area contributed by atoms with Crippen molar-refractivity contribution in [2.45, 2.75) is 12.5 Å². The zero-order chi connectivity index (χ0) is 14.7. The number of aromatic nitrogens is 1. The van der Waals surface area contributed by atoms with Crippen LogP contribution in [0.2, 0.25) is 0 Å². The summed E-state index contributed by atoms with van der Waals surface area (Å²) in [7, 11) is 0. The van der Waals surface area contributed by atoms with Gasteiger partial charge in [-0.3, -0.25) is 9.78 Å². The van der Waals surface area contributed by atoms with Gasteiger partial charge in [-0.05, 0) is 23.8 Å². The highest BCUT2D eigenvalue weighted by atomic mass is 19.1. The second-order valence-corrected chi connectivity index (χ2v) is 5.00. The van der Waals surface area contributed by atoms with E-state index >= 15 is 0 Å². The molecular formula is C16H15FN2O2. The summed E-state index contributed by atoms with van der Waals surface area (Å²) in [6.45, 7) is 1.06. The van der Waals surface area contributed by atoms with E-state index in [9.17, 15) is 9.18 Å². The lowest BCUT2D eigenvalue weighted by Crippen LogP contribution is -2.56. The number of halogens is 1. The first-order chi connectivity index (χ1) is 10.2. The Morgan fingerprint density at radius 1 is 1.29 bits per heavy atom. The third-order valence-corrected chi connectivity index (χ3v) is 3.44. The van der Waals surface area contributed by atoms with E-state index in [-0.39, 0.29) is 24.2 Å². The van der Waals surface area contributed by atoms with E-state index in [1.54, 1.807) is 41.6 Å². The first-order valence-corrected chi connectivity index (χ1v) is 6.80. The van der Waals surface area contributed by atoms with Crippen LogP contribution in [0.25, 0.3) is 0 Å². The maximum absolute atomic E-state index is 13.5. The van der Waals surface area contributed by atoms with Crippen LogP contribution in [0.4, 0.5) is 4.39 Å². The van der Waals surface area contributed by atoms with Crippen molar-refractivity contribution >= 4 is 5.91 Å². The van der Waals surface area contributed by atoms with Crippen LogP contribution in [0.1, 0.15) is 5.56 Å². The van der Waals surface area contributed by atoms with E-state index in [0.29, 0.717) is 24.4 Å². The fourth-order valence-electron chi connectivity index (χ4n) is 2.24. The third kappa shape index (κ3) is 3.18. The highest BCUT2D eigenvalue weighted by Crippen LogP contribution is 2.18. The van der Waals surface area contributed by atoms with Gasteiger partial charge in [-0.25, -0.2) is 4.39 Å². The molecule has 0 aliphatic carbocycles. The molecule has 0 bridgehead atoms. The summed E-state index contributed by atoms with van der Waals surface area (Å²) in [5.41, 5.74) is 0.430. The molecule has 0 atom stereocenters. The summed E-state index contributed by atoms with van der Waals surface area (Å²) in [6.07, 6.45) is 3.40. The molecule has 1 aromatic heterocycles. The lowest BCUT2D eigenvalue weighted by Gasteiger charge is -2.39. The molecule has 0 saturated carbocycles. The molecule has 2 heterocycles. The Labute approximate surface area is 122 Å². The molecule has 1 aromatic carbocycles. The number of benzene rings is 1. The van der Waals surface area contributed by atoms with Gasteiger partial charge >= 0.3 is 0 Å². The van der Waals surface area contributed by atoms with Gasteiger partial charge in [0.15, 0.2) is 0 Å². The maximum atomic E-state index is 13.5. The van der Waals surface area contributed by atoms with Crippen molar-refractivity contribution in [1.82, 2.24) is 9.88 Å². The minimum atomic E-state index is -0.338. The van der Waals surface area contributed by atoms with Gasteiger partial charge in [-0.1, -0.05) is 18.2 Å². The molecule has 108 valence electrons. The maximum Gasteiger partial charge on any atom is 0.227 e. The molecular weight excluding hydrogens is 271 g/mol. The van der Waals surface area contributed by atoms with Crippen molar-refractivity contribution in [2.24, 2.45) is 0 Å². The highest BCUT2D eigenvalue weighted by Gasteiger charge is 2.32. The predicted molar refractivity (Wildman–Crippen MR) is 75.3 cm³/mol. The molecule has 0 N–H and O–H groups in total. The van der Waals surface area contributed by atoms with Gasteiger partial charge in [0.2, 0.25) is 5.91 Å². The second-order valence-electron chi connectivity index (χ2n) is 5.00. The Morgan fingerprint density at radius 2 is 2.10 bits per heavy atom. The van der Waals surface area contributed by atoms with Gasteiger partial charge in [0.05, 0.1) is 25.7 Å². The Morgan fingerprint density at radius 3 is 2.81 bits per heavy atom. The molecule has 2 aromatic rings. The fraction of sp³-hybridized carbons (Fsp3) is 0.250. The zero-order valence-electron chi connectivity index (χ0n) is 11.4. The largest absolute Gasteiger partial charge is 0.485 e. The van der Waals surface area contributed by atoms with Crippen molar-refractivity contribution < 1.29 is 13.9 Å². The van der Waals surface area contributed by atoms with Crippen molar-refractivity contribution in [3.63, 3.8) is 0 Å². The molecule has 0 unspecified atom stereocenters. The van der Waals surface area contributed by atoms with Crippen LogP contribution in [-0.4, -0.2) is 35.0 Å². The quantitative estimate of drug-likeness (QED) is 0.864. The third-order valence-electron chi connectivity index (χ3n) is 3.44. The summed E-state index contributed by atoms with van der Waals surface area (Å²) in [5, 5.41) is 0. The molecule has 5 heteroatoms. The topological polar surface area (TPSA) is 42.4 Å². The van der Waals surface area contributed by atoms with Gasteiger partial charge in [0.25, 0.3) is 0 Å². The number of hydrogen-bond donors (Lipinski definition) is 0. The molecule has 4 nitrogen and oxygen atoms in total. The molecule has 0 radical (unpaired) electrons. The average molecular weight is 286 g/mol. The average Bonchev–Trinajstić information content (AvgIpc) is 2.46. The Kier molecular flexibility index (Phi) is 3.81. The standard InChI is InChI=1S/C16H15FN2O2/c17-15-6-2-1-4-12(15)8-16(20)19-10-14(11-19)21-13-5-3-7-18-9-13/h1-7,9,14H,8,10-11H2. The van der Waals surface area contributed by atoms with Gasteiger partial charge in [0.1, 0.15) is 17.7 Å². The number of rotatable bonds is 4. The molecule has 21 heavy (non-hydrogen) atoms. The second kappa shape index (κ2) is 5.91. The molecule has 1 aliphatic heterocycles. The monoisotopic (exact) mass is 286 g/mol. The number of carbonyl (C=O) groups excluding carboxylic acids is 1. The SMILES string of the molecule is O=C(Cc1ccccc1F)N1CC(Oc2cccnc2)C1. The highest BCUT2D eigenvalue weighted by molar-refractivity contribution is 5.79. The predicted octanol–water partition coefficient (Wildman–Crippen LogP) is 2.05. The van der Waals surface area contributed by atoms with E-state index < -0.39 is 0 Å². The summed E-state index contributed by atoms with van der Waals surface area (Å²) in [4.78, 5) is 17.7. The van der Waals surface area contributed by atoms with Crippen LogP contribution < -0.4 is 4.74 Å². The number of amides is 1. The van der Waals surface area contributed by atoms with Crippen LogP contribution in [0.5, 0.6) is 5.75 Å². The molecule has 3 rings (SSSR count). The Balaban J connectivity index is 1.50. The van der Waals surface area contributed by atoms with Gasteiger partial charge in [-0.2, -0.15) is 0 Å². The Bertz CT molecular complexity index is 627. The van der Waals surface area contributed by atoms with Crippen LogP contribution >= 0.6 is 0 Å². The van der Waals surface area contributed by atoms with Crippen molar-refractivity contribution in [1.29, 1.82) is 0 Å². The van der Waals surface area contributed by atoms with Crippen LogP contribution in [0, 0.1) is 5.82 Å². The molecule has 1 amide bonds. The Hall–Kier alpha value is -2.43. The number of pyridine rings is 1. The summed E-state index contributed by atoms with van der Waals surface area (Å²) < 4.78 is 19.2. The normalized spacial score (nSPS) is 14.6. The van der Waals surface area contributed by atoms with E-state index in [1.807, 2.05) is 6.07 Å².